The van der Waals surface area contributed by atoms with Crippen LogP contribution in [0.4, 0.5) is 0 Å². The van der Waals surface area contributed by atoms with E-state index in [0.717, 1.165) is 6.42 Å². The van der Waals surface area contributed by atoms with E-state index in [1.54, 1.807) is 0 Å². The van der Waals surface area contributed by atoms with Crippen molar-refractivity contribution in [2.75, 3.05) is 0 Å². The van der Waals surface area contributed by atoms with E-state index < -0.39 is 0 Å². The van der Waals surface area contributed by atoms with Crippen molar-refractivity contribution in [3.63, 3.8) is 0 Å². The largest absolute Gasteiger partial charge is 0.0779 e. The van der Waals surface area contributed by atoms with Gasteiger partial charge in [-0.3, -0.25) is 0 Å². The molecule has 0 N–H and O–H groups in total. The van der Waals surface area contributed by atoms with Crippen LogP contribution in [0.1, 0.15) is 47.3 Å². The number of benzene rings is 2. The van der Waals surface area contributed by atoms with Gasteiger partial charge in [0, 0.05) is 0 Å². The van der Waals surface area contributed by atoms with Crippen LogP contribution in [0.5, 0.6) is 0 Å². The Morgan fingerprint density at radius 2 is 1.53 bits per heavy atom. The van der Waals surface area contributed by atoms with Crippen LogP contribution in [0, 0.1) is 5.41 Å². The van der Waals surface area contributed by atoms with Gasteiger partial charge < -0.3 is 0 Å². The predicted octanol–water partition coefficient (Wildman–Crippen LogP) is 6.34. The summed E-state index contributed by atoms with van der Waals surface area (Å²) in [6.07, 6.45) is 5.73. The van der Waals surface area contributed by atoms with E-state index in [1.165, 1.54) is 21.9 Å². The van der Waals surface area contributed by atoms with Gasteiger partial charge >= 0.3 is 0 Å². The summed E-state index contributed by atoms with van der Waals surface area (Å²) in [6, 6.07) is 13.2. The summed E-state index contributed by atoms with van der Waals surface area (Å²) in [5, 5.41) is 2.80. The van der Waals surface area contributed by atoms with E-state index in [-0.39, 0.29) is 27.7 Å². The van der Waals surface area contributed by atoms with Gasteiger partial charge in [0.05, 0.1) is 0 Å². The zero-order valence-electron chi connectivity index (χ0n) is 9.83. The van der Waals surface area contributed by atoms with E-state index in [0.29, 0.717) is 0 Å². The third-order valence-corrected chi connectivity index (χ3v) is 3.38. The van der Waals surface area contributed by atoms with E-state index in [4.69, 9.17) is 0 Å². The zero-order valence-corrected chi connectivity index (χ0v) is 9.83. The van der Waals surface area contributed by atoms with E-state index in [9.17, 15) is 0 Å². The van der Waals surface area contributed by atoms with Crippen molar-refractivity contribution >= 4 is 16.8 Å². The third kappa shape index (κ3) is 3.07. The Balaban J connectivity index is 0.00000108. The van der Waals surface area contributed by atoms with Gasteiger partial charge in [-0.2, -0.15) is 0 Å². The van der Waals surface area contributed by atoms with Gasteiger partial charge in [-0.05, 0) is 33.7 Å². The first kappa shape index (κ1) is 17.4. The SMILES string of the molecule is C.C.C.CC1(C)C=Cc2cccc3cccc(c23)C1. The first-order valence-corrected chi connectivity index (χ1v) is 5.86. The zero-order chi connectivity index (χ0) is 11.2. The van der Waals surface area contributed by atoms with Crippen molar-refractivity contribution < 1.29 is 0 Å². The first-order chi connectivity index (χ1) is 7.66. The van der Waals surface area contributed by atoms with Gasteiger partial charge in [-0.15, -0.1) is 0 Å². The minimum Gasteiger partial charge on any atom is -0.0779 e. The summed E-state index contributed by atoms with van der Waals surface area (Å²) in [5.74, 6) is 0. The smallest absolute Gasteiger partial charge is 0.00791 e. The van der Waals surface area contributed by atoms with Crippen LogP contribution in [-0.4, -0.2) is 0 Å². The molecular weight excluding hydrogens is 228 g/mol. The lowest BCUT2D eigenvalue weighted by Gasteiger charge is -2.19. The predicted molar refractivity (Wildman–Crippen MR) is 90.7 cm³/mol. The lowest BCUT2D eigenvalue weighted by molar-refractivity contribution is 0.483. The molecule has 0 spiro atoms. The highest BCUT2D eigenvalue weighted by molar-refractivity contribution is 5.94. The van der Waals surface area contributed by atoms with E-state index in [2.05, 4.69) is 62.4 Å². The molecule has 0 heteroatoms. The molecule has 0 unspecified atom stereocenters. The van der Waals surface area contributed by atoms with E-state index in [1.807, 2.05) is 0 Å². The molecule has 104 valence electrons. The highest BCUT2D eigenvalue weighted by Gasteiger charge is 2.19. The summed E-state index contributed by atoms with van der Waals surface area (Å²) in [4.78, 5) is 0. The fraction of sp³-hybridized carbons (Fsp3) is 0.368. The molecule has 0 amide bonds. The van der Waals surface area contributed by atoms with Crippen LogP contribution in [0.15, 0.2) is 42.5 Å². The van der Waals surface area contributed by atoms with Gasteiger partial charge in [0.15, 0.2) is 0 Å². The molecule has 3 rings (SSSR count). The molecule has 0 bridgehead atoms. The Hall–Kier alpha value is -1.56. The minimum atomic E-state index is 0. The molecule has 0 radical (unpaired) electrons. The van der Waals surface area contributed by atoms with Crippen molar-refractivity contribution in [3.05, 3.63) is 53.6 Å². The van der Waals surface area contributed by atoms with Crippen LogP contribution in [-0.2, 0) is 6.42 Å². The molecule has 0 heterocycles. The molecule has 19 heavy (non-hydrogen) atoms. The molecule has 1 aliphatic carbocycles. The van der Waals surface area contributed by atoms with Gasteiger partial charge in [0.2, 0.25) is 0 Å². The second-order valence-corrected chi connectivity index (χ2v) is 5.36. The summed E-state index contributed by atoms with van der Waals surface area (Å²) >= 11 is 0. The fourth-order valence-electron chi connectivity index (χ4n) is 2.60. The van der Waals surface area contributed by atoms with Gasteiger partial charge in [0.25, 0.3) is 0 Å². The van der Waals surface area contributed by atoms with Crippen molar-refractivity contribution in [1.29, 1.82) is 0 Å². The maximum atomic E-state index is 2.34. The molecule has 0 saturated carbocycles. The maximum absolute atomic E-state index is 2.34. The average molecular weight is 256 g/mol. The topological polar surface area (TPSA) is 0 Å². The van der Waals surface area contributed by atoms with Crippen molar-refractivity contribution in [2.45, 2.75) is 42.5 Å². The second kappa shape index (κ2) is 6.06. The maximum Gasteiger partial charge on any atom is -0.00791 e. The molecule has 2 aromatic rings. The van der Waals surface area contributed by atoms with Crippen LogP contribution >= 0.6 is 0 Å². The van der Waals surface area contributed by atoms with Gasteiger partial charge in [0.1, 0.15) is 0 Å². The number of hydrogen-bond acceptors (Lipinski definition) is 0. The summed E-state index contributed by atoms with van der Waals surface area (Å²) in [7, 11) is 0. The minimum absolute atomic E-state index is 0. The monoisotopic (exact) mass is 256 g/mol. The third-order valence-electron chi connectivity index (χ3n) is 3.38. The van der Waals surface area contributed by atoms with Gasteiger partial charge in [-0.25, -0.2) is 0 Å². The lowest BCUT2D eigenvalue weighted by Crippen LogP contribution is -2.10. The van der Waals surface area contributed by atoms with Crippen LogP contribution in [0.3, 0.4) is 0 Å². The molecule has 1 aliphatic rings. The molecule has 0 nitrogen and oxygen atoms in total. The Bertz CT molecular complexity index is 568. The highest BCUT2D eigenvalue weighted by Crippen LogP contribution is 2.34. The van der Waals surface area contributed by atoms with Crippen molar-refractivity contribution in [1.82, 2.24) is 0 Å². The Kier molecular flexibility index (Phi) is 5.56. The number of allylic oxidation sites excluding steroid dienone is 1. The normalized spacial score (nSPS) is 14.6. The molecule has 2 aromatic carbocycles. The molecule has 0 atom stereocenters. The lowest BCUT2D eigenvalue weighted by atomic mass is 9.86. The fourth-order valence-corrected chi connectivity index (χ4v) is 2.60. The van der Waals surface area contributed by atoms with E-state index >= 15 is 0 Å². The Morgan fingerprint density at radius 3 is 2.21 bits per heavy atom. The van der Waals surface area contributed by atoms with Gasteiger partial charge in [-0.1, -0.05) is 84.7 Å². The molecule has 0 aromatic heterocycles. The average Bonchev–Trinajstić information content (AvgIpc) is 2.38. The molecule has 0 aliphatic heterocycles. The second-order valence-electron chi connectivity index (χ2n) is 5.36. The molecule has 0 saturated heterocycles. The standard InChI is InChI=1S/C16H16.3CH4/c1-16(2)10-9-13-7-3-5-12-6-4-8-14(11-16)15(12)13;;;/h3-10H,11H2,1-2H3;3*1H4. The van der Waals surface area contributed by atoms with Crippen LogP contribution in [0.25, 0.3) is 16.8 Å². The highest BCUT2D eigenvalue weighted by atomic mass is 14.2. The quantitative estimate of drug-likeness (QED) is 0.515. The molecular formula is C19H28. The van der Waals surface area contributed by atoms with Crippen molar-refractivity contribution in [2.24, 2.45) is 5.41 Å². The van der Waals surface area contributed by atoms with Crippen molar-refractivity contribution in [3.8, 4) is 0 Å². The first-order valence-electron chi connectivity index (χ1n) is 5.86. The Labute approximate surface area is 119 Å². The van der Waals surface area contributed by atoms with Crippen LogP contribution < -0.4 is 0 Å². The summed E-state index contributed by atoms with van der Waals surface area (Å²) in [5.41, 5.74) is 3.09. The van der Waals surface area contributed by atoms with Crippen LogP contribution in [0.2, 0.25) is 0 Å². The summed E-state index contributed by atoms with van der Waals surface area (Å²) < 4.78 is 0. The molecule has 0 fully saturated rings. The number of hydrogen-bond donors (Lipinski definition) is 0. The summed E-state index contributed by atoms with van der Waals surface area (Å²) in [6.45, 7) is 4.60. The number of rotatable bonds is 0. The Morgan fingerprint density at radius 1 is 0.895 bits per heavy atom.